The van der Waals surface area contributed by atoms with Crippen LogP contribution in [0.15, 0.2) is 88.2 Å². The van der Waals surface area contributed by atoms with Gasteiger partial charge in [-0.3, -0.25) is 19.3 Å². The van der Waals surface area contributed by atoms with E-state index in [2.05, 4.69) is 21.2 Å². The molecule has 0 aliphatic carbocycles. The SMILES string of the molecule is COc1cc(/C=C2\SC(=O)N(CC(=O)Nc3cccc(C(F)(F)F)c3)C2=O)c(Br)cc1OCc1ccc2ccccc2c1. The molecule has 4 aromatic carbocycles. The highest BCUT2D eigenvalue weighted by molar-refractivity contribution is 9.10. The van der Waals surface area contributed by atoms with Crippen molar-refractivity contribution in [1.82, 2.24) is 4.90 Å². The maximum absolute atomic E-state index is 13.0. The van der Waals surface area contributed by atoms with Crippen LogP contribution in [0.2, 0.25) is 0 Å². The minimum atomic E-state index is -4.59. The molecule has 43 heavy (non-hydrogen) atoms. The van der Waals surface area contributed by atoms with Gasteiger partial charge in [0.25, 0.3) is 11.1 Å². The van der Waals surface area contributed by atoms with Crippen LogP contribution in [0, 0.1) is 0 Å². The van der Waals surface area contributed by atoms with E-state index in [1.54, 1.807) is 12.1 Å². The second-order valence-corrected chi connectivity index (χ2v) is 11.2. The zero-order valence-electron chi connectivity index (χ0n) is 22.4. The van der Waals surface area contributed by atoms with Crippen LogP contribution in [-0.4, -0.2) is 35.6 Å². The Morgan fingerprint density at radius 1 is 0.977 bits per heavy atom. The van der Waals surface area contributed by atoms with E-state index < -0.39 is 35.3 Å². The van der Waals surface area contributed by atoms with Gasteiger partial charge in [-0.1, -0.05) is 58.4 Å². The van der Waals surface area contributed by atoms with Crippen LogP contribution < -0.4 is 14.8 Å². The molecule has 12 heteroatoms. The molecule has 1 fully saturated rings. The molecule has 0 saturated carbocycles. The number of hydrogen-bond acceptors (Lipinski definition) is 6. The number of rotatable bonds is 8. The molecule has 3 amide bonds. The van der Waals surface area contributed by atoms with E-state index in [0.29, 0.717) is 33.3 Å². The van der Waals surface area contributed by atoms with Gasteiger partial charge in [0.05, 0.1) is 17.6 Å². The number of imide groups is 1. The van der Waals surface area contributed by atoms with Gasteiger partial charge in [0.2, 0.25) is 5.91 Å². The molecule has 0 aromatic heterocycles. The summed E-state index contributed by atoms with van der Waals surface area (Å²) in [4.78, 5) is 38.8. The number of nitrogens with zero attached hydrogens (tertiary/aromatic N) is 1. The number of carbonyl (C=O) groups excluding carboxylic acids is 3. The van der Waals surface area contributed by atoms with Crippen molar-refractivity contribution in [3.05, 3.63) is 105 Å². The second kappa shape index (κ2) is 12.5. The smallest absolute Gasteiger partial charge is 0.416 e. The lowest BCUT2D eigenvalue weighted by atomic mass is 10.1. The minimum absolute atomic E-state index is 0.0597. The number of amides is 3. The quantitative estimate of drug-likeness (QED) is 0.192. The van der Waals surface area contributed by atoms with Crippen molar-refractivity contribution in [1.29, 1.82) is 0 Å². The Kier molecular flexibility index (Phi) is 8.79. The number of ether oxygens (including phenoxy) is 2. The third-order valence-electron chi connectivity index (χ3n) is 6.43. The molecule has 0 bridgehead atoms. The number of carbonyl (C=O) groups is 3. The summed E-state index contributed by atoms with van der Waals surface area (Å²) in [5, 5.41) is 3.83. The lowest BCUT2D eigenvalue weighted by Crippen LogP contribution is -2.36. The Bertz CT molecular complexity index is 1780. The van der Waals surface area contributed by atoms with Gasteiger partial charge in [-0.05, 0) is 76.1 Å². The Hall–Kier alpha value is -4.29. The Morgan fingerprint density at radius 3 is 2.49 bits per heavy atom. The normalized spacial score (nSPS) is 14.4. The molecule has 5 rings (SSSR count). The summed E-state index contributed by atoms with van der Waals surface area (Å²) in [7, 11) is 1.48. The molecule has 0 spiro atoms. The Balaban J connectivity index is 1.27. The van der Waals surface area contributed by atoms with Gasteiger partial charge in [0.15, 0.2) is 11.5 Å². The van der Waals surface area contributed by atoms with Crippen LogP contribution in [-0.2, 0) is 22.4 Å². The molecule has 4 aromatic rings. The maximum Gasteiger partial charge on any atom is 0.416 e. The van der Waals surface area contributed by atoms with Gasteiger partial charge >= 0.3 is 6.18 Å². The standard InChI is InChI=1S/C31H22BrF3N2O5S/c1-41-25-12-21(24(32)15-26(25)42-17-18-9-10-19-5-2-3-6-20(19)11-18)13-27-29(39)37(30(40)43-27)16-28(38)36-23-8-4-7-22(14-23)31(33,34)35/h2-15H,16-17H2,1H3,(H,36,38)/b27-13-. The summed E-state index contributed by atoms with van der Waals surface area (Å²) in [6.07, 6.45) is -3.11. The van der Waals surface area contributed by atoms with Gasteiger partial charge in [0.1, 0.15) is 13.2 Å². The number of benzene rings is 4. The van der Waals surface area contributed by atoms with E-state index in [4.69, 9.17) is 9.47 Å². The topological polar surface area (TPSA) is 84.9 Å². The van der Waals surface area contributed by atoms with Crippen LogP contribution in [0.25, 0.3) is 16.8 Å². The number of fused-ring (bicyclic) bond motifs is 1. The highest BCUT2D eigenvalue weighted by Crippen LogP contribution is 2.38. The van der Waals surface area contributed by atoms with E-state index in [1.165, 1.54) is 19.3 Å². The van der Waals surface area contributed by atoms with Crippen molar-refractivity contribution in [2.45, 2.75) is 12.8 Å². The number of methoxy groups -OCH3 is 1. The average molecular weight is 671 g/mol. The summed E-state index contributed by atoms with van der Waals surface area (Å²) in [6.45, 7) is -0.376. The molecular formula is C31H22BrF3N2O5S. The molecule has 7 nitrogen and oxygen atoms in total. The fourth-order valence-corrected chi connectivity index (χ4v) is 5.58. The van der Waals surface area contributed by atoms with Crippen LogP contribution in [0.5, 0.6) is 11.5 Å². The van der Waals surface area contributed by atoms with Crippen LogP contribution in [0.4, 0.5) is 23.7 Å². The van der Waals surface area contributed by atoms with Gasteiger partial charge in [0, 0.05) is 10.2 Å². The lowest BCUT2D eigenvalue weighted by molar-refractivity contribution is -0.137. The summed E-state index contributed by atoms with van der Waals surface area (Å²) in [6, 6.07) is 21.4. The number of thioether (sulfide) groups is 1. The number of halogens is 4. The monoisotopic (exact) mass is 670 g/mol. The minimum Gasteiger partial charge on any atom is -0.493 e. The van der Waals surface area contributed by atoms with E-state index in [0.717, 1.165) is 39.4 Å². The highest BCUT2D eigenvalue weighted by atomic mass is 79.9. The first-order valence-electron chi connectivity index (χ1n) is 12.7. The number of hydrogen-bond donors (Lipinski definition) is 1. The number of nitrogens with one attached hydrogen (secondary N) is 1. The van der Waals surface area contributed by atoms with Gasteiger partial charge in [-0.2, -0.15) is 13.2 Å². The first-order chi connectivity index (χ1) is 20.5. The van der Waals surface area contributed by atoms with Gasteiger partial charge < -0.3 is 14.8 Å². The molecule has 0 unspecified atom stereocenters. The first-order valence-corrected chi connectivity index (χ1v) is 14.3. The molecule has 0 radical (unpaired) electrons. The van der Waals surface area contributed by atoms with Gasteiger partial charge in [-0.25, -0.2) is 0 Å². The number of anilines is 1. The third-order valence-corrected chi connectivity index (χ3v) is 8.02. The predicted octanol–water partition coefficient (Wildman–Crippen LogP) is 7.88. The fraction of sp³-hybridized carbons (Fsp3) is 0.129. The Morgan fingerprint density at radius 2 is 1.74 bits per heavy atom. The van der Waals surface area contributed by atoms with Crippen molar-refractivity contribution in [3.8, 4) is 11.5 Å². The first kappa shape index (κ1) is 30.2. The second-order valence-electron chi connectivity index (χ2n) is 9.39. The average Bonchev–Trinajstić information content (AvgIpc) is 3.23. The van der Waals surface area contributed by atoms with Gasteiger partial charge in [-0.15, -0.1) is 0 Å². The molecule has 1 aliphatic heterocycles. The van der Waals surface area contributed by atoms with Crippen molar-refractivity contribution >= 4 is 67.3 Å². The molecule has 1 N–H and O–H groups in total. The van der Waals surface area contributed by atoms with Crippen LogP contribution >= 0.6 is 27.7 Å². The molecule has 1 saturated heterocycles. The predicted molar refractivity (Wildman–Crippen MR) is 162 cm³/mol. The van der Waals surface area contributed by atoms with Crippen molar-refractivity contribution in [3.63, 3.8) is 0 Å². The number of alkyl halides is 3. The van der Waals surface area contributed by atoms with E-state index in [-0.39, 0.29) is 17.2 Å². The highest BCUT2D eigenvalue weighted by Gasteiger charge is 2.37. The largest absolute Gasteiger partial charge is 0.493 e. The van der Waals surface area contributed by atoms with E-state index in [9.17, 15) is 27.6 Å². The molecule has 0 atom stereocenters. The summed E-state index contributed by atoms with van der Waals surface area (Å²) >= 11 is 4.12. The summed E-state index contributed by atoms with van der Waals surface area (Å²) in [5.74, 6) is -0.677. The van der Waals surface area contributed by atoms with E-state index >= 15 is 0 Å². The third kappa shape index (κ3) is 7.03. The lowest BCUT2D eigenvalue weighted by Gasteiger charge is -2.14. The molecular weight excluding hydrogens is 649 g/mol. The van der Waals surface area contributed by atoms with Crippen LogP contribution in [0.1, 0.15) is 16.7 Å². The van der Waals surface area contributed by atoms with Crippen molar-refractivity contribution in [2.75, 3.05) is 19.0 Å². The van der Waals surface area contributed by atoms with Crippen LogP contribution in [0.3, 0.4) is 0 Å². The molecule has 1 aliphatic rings. The molecule has 1 heterocycles. The zero-order chi connectivity index (χ0) is 30.7. The molecule has 220 valence electrons. The van der Waals surface area contributed by atoms with Crippen molar-refractivity contribution < 1.29 is 37.0 Å². The van der Waals surface area contributed by atoms with Crippen molar-refractivity contribution in [2.24, 2.45) is 0 Å². The van der Waals surface area contributed by atoms with E-state index in [1.807, 2.05) is 42.5 Å². The summed E-state index contributed by atoms with van der Waals surface area (Å²) < 4.78 is 51.0. The Labute approximate surface area is 256 Å². The fourth-order valence-electron chi connectivity index (χ4n) is 4.32. The zero-order valence-corrected chi connectivity index (χ0v) is 24.8. The maximum atomic E-state index is 13.0. The summed E-state index contributed by atoms with van der Waals surface area (Å²) in [5.41, 5.74) is 0.437.